The van der Waals surface area contributed by atoms with Crippen LogP contribution in [0.2, 0.25) is 0 Å². The average Bonchev–Trinajstić information content (AvgIpc) is 2.34. The maximum atomic E-state index is 12.1. The Morgan fingerprint density at radius 2 is 2.17 bits per heavy atom. The fraction of sp³-hybridized carbons (Fsp3) is 0.462. The number of ether oxygens (including phenoxy) is 1. The van der Waals surface area contributed by atoms with E-state index in [2.05, 4.69) is 5.48 Å². The molecule has 1 N–H and O–H groups in total. The number of carbonyl (C=O) groups excluding carboxylic acids is 1. The van der Waals surface area contributed by atoms with Crippen LogP contribution in [0.1, 0.15) is 19.4 Å². The first-order chi connectivity index (χ1) is 8.45. The van der Waals surface area contributed by atoms with E-state index in [1.807, 2.05) is 18.2 Å². The van der Waals surface area contributed by atoms with Crippen LogP contribution >= 0.6 is 0 Å². The molecule has 0 aromatic heterocycles. The number of hydrogen-bond acceptors (Lipinski definition) is 4. The van der Waals surface area contributed by atoms with E-state index in [-0.39, 0.29) is 5.91 Å². The average molecular weight is 250 g/mol. The van der Waals surface area contributed by atoms with Gasteiger partial charge in [0.25, 0.3) is 5.91 Å². The van der Waals surface area contributed by atoms with Gasteiger partial charge in [-0.15, -0.1) is 0 Å². The minimum absolute atomic E-state index is 0.0492. The van der Waals surface area contributed by atoms with E-state index >= 15 is 0 Å². The highest BCUT2D eigenvalue weighted by atomic mass is 16.6. The Morgan fingerprint density at radius 3 is 2.83 bits per heavy atom. The molecular weight excluding hydrogens is 232 g/mol. The largest absolute Gasteiger partial charge is 0.476 e. The molecule has 1 aromatic rings. The molecular formula is C13H18N2O3. The van der Waals surface area contributed by atoms with Gasteiger partial charge in [-0.2, -0.15) is 5.48 Å². The molecule has 0 fully saturated rings. The normalized spacial score (nSPS) is 17.3. The summed E-state index contributed by atoms with van der Waals surface area (Å²) >= 11 is 0. The molecule has 1 amide bonds. The Labute approximate surface area is 107 Å². The van der Waals surface area contributed by atoms with Crippen molar-refractivity contribution in [2.45, 2.75) is 26.0 Å². The number of rotatable bonds is 3. The van der Waals surface area contributed by atoms with Crippen LogP contribution in [-0.4, -0.2) is 25.7 Å². The number of likely N-dealkylation sites (N-methyl/N-ethyl adjacent to an activating group) is 1. The molecule has 5 heteroatoms. The van der Waals surface area contributed by atoms with Crippen molar-refractivity contribution < 1.29 is 14.4 Å². The number of fused-ring (bicyclic) bond motifs is 1. The lowest BCUT2D eigenvalue weighted by Gasteiger charge is -2.37. The van der Waals surface area contributed by atoms with Crippen molar-refractivity contribution in [2.75, 3.05) is 19.1 Å². The highest BCUT2D eigenvalue weighted by Crippen LogP contribution is 2.37. The quantitative estimate of drug-likeness (QED) is 0.825. The molecule has 18 heavy (non-hydrogen) atoms. The molecule has 1 aliphatic rings. The van der Waals surface area contributed by atoms with Gasteiger partial charge in [-0.25, -0.2) is 0 Å². The Kier molecular flexibility index (Phi) is 3.28. The molecule has 1 aliphatic heterocycles. The van der Waals surface area contributed by atoms with E-state index in [0.29, 0.717) is 6.54 Å². The van der Waals surface area contributed by atoms with Gasteiger partial charge in [0, 0.05) is 13.6 Å². The van der Waals surface area contributed by atoms with Crippen LogP contribution in [0, 0.1) is 0 Å². The molecule has 1 aromatic carbocycles. The van der Waals surface area contributed by atoms with Gasteiger partial charge in [-0.05, 0) is 31.5 Å². The molecule has 1 heterocycles. The summed E-state index contributed by atoms with van der Waals surface area (Å²) < 4.78 is 5.72. The van der Waals surface area contributed by atoms with Crippen LogP contribution in [0.5, 0.6) is 5.75 Å². The summed E-state index contributed by atoms with van der Waals surface area (Å²) in [5.41, 5.74) is 3.77. The minimum Gasteiger partial charge on any atom is -0.476 e. The number of nitrogens with one attached hydrogen (secondary N) is 1. The fourth-order valence-electron chi connectivity index (χ4n) is 2.01. The monoisotopic (exact) mass is 250 g/mol. The van der Waals surface area contributed by atoms with E-state index in [0.717, 1.165) is 17.0 Å². The summed E-state index contributed by atoms with van der Waals surface area (Å²) in [6.07, 6.45) is 0. The van der Waals surface area contributed by atoms with Gasteiger partial charge in [-0.1, -0.05) is 6.07 Å². The van der Waals surface area contributed by atoms with Crippen LogP contribution < -0.4 is 15.1 Å². The third kappa shape index (κ3) is 2.19. The van der Waals surface area contributed by atoms with E-state index in [1.165, 1.54) is 0 Å². The van der Waals surface area contributed by atoms with Gasteiger partial charge in [0.2, 0.25) is 0 Å². The first-order valence-electron chi connectivity index (χ1n) is 5.81. The van der Waals surface area contributed by atoms with E-state index in [1.54, 1.807) is 32.9 Å². The van der Waals surface area contributed by atoms with Crippen molar-refractivity contribution in [3.8, 4) is 5.75 Å². The SMILES string of the molecule is CONCc1ccc2c(c1)N(C)C(=O)C(C)(C)O2. The third-order valence-corrected chi connectivity index (χ3v) is 2.99. The van der Waals surface area contributed by atoms with Crippen LogP contribution in [0.25, 0.3) is 0 Å². The second-order valence-corrected chi connectivity index (χ2v) is 4.80. The molecule has 0 saturated heterocycles. The van der Waals surface area contributed by atoms with Crippen LogP contribution in [0.4, 0.5) is 5.69 Å². The number of hydrogen-bond donors (Lipinski definition) is 1. The smallest absolute Gasteiger partial charge is 0.270 e. The first-order valence-corrected chi connectivity index (χ1v) is 5.81. The summed E-state index contributed by atoms with van der Waals surface area (Å²) in [5, 5.41) is 0. The Balaban J connectivity index is 2.33. The molecule has 0 unspecified atom stereocenters. The van der Waals surface area contributed by atoms with Gasteiger partial charge < -0.3 is 14.5 Å². The maximum Gasteiger partial charge on any atom is 0.270 e. The predicted octanol–water partition coefficient (Wildman–Crippen LogP) is 1.47. The van der Waals surface area contributed by atoms with Crippen LogP contribution in [-0.2, 0) is 16.2 Å². The Morgan fingerprint density at radius 1 is 1.44 bits per heavy atom. The fourth-order valence-corrected chi connectivity index (χ4v) is 2.01. The second-order valence-electron chi connectivity index (χ2n) is 4.80. The topological polar surface area (TPSA) is 50.8 Å². The summed E-state index contributed by atoms with van der Waals surface area (Å²) in [5.74, 6) is 0.676. The van der Waals surface area contributed by atoms with E-state index < -0.39 is 5.60 Å². The molecule has 0 aliphatic carbocycles. The van der Waals surface area contributed by atoms with Gasteiger partial charge in [-0.3, -0.25) is 4.79 Å². The van der Waals surface area contributed by atoms with Crippen LogP contribution in [0.3, 0.4) is 0 Å². The highest BCUT2D eigenvalue weighted by Gasteiger charge is 2.39. The number of hydroxylamine groups is 1. The van der Waals surface area contributed by atoms with E-state index in [9.17, 15) is 4.79 Å². The zero-order chi connectivity index (χ0) is 13.3. The third-order valence-electron chi connectivity index (χ3n) is 2.99. The Hall–Kier alpha value is -1.59. The number of anilines is 1. The molecule has 5 nitrogen and oxygen atoms in total. The molecule has 0 saturated carbocycles. The number of amides is 1. The van der Waals surface area contributed by atoms with Crippen molar-refractivity contribution >= 4 is 11.6 Å². The zero-order valence-corrected chi connectivity index (χ0v) is 11.1. The van der Waals surface area contributed by atoms with Gasteiger partial charge in [0.1, 0.15) is 5.75 Å². The van der Waals surface area contributed by atoms with Crippen molar-refractivity contribution in [1.29, 1.82) is 0 Å². The van der Waals surface area contributed by atoms with Gasteiger partial charge in [0.15, 0.2) is 5.60 Å². The Bertz CT molecular complexity index is 471. The zero-order valence-electron chi connectivity index (χ0n) is 11.1. The standard InChI is InChI=1S/C13H18N2O3/c1-13(2)12(16)15(3)10-7-9(8-14-17-4)5-6-11(10)18-13/h5-7,14H,8H2,1-4H3. The number of carbonyl (C=O) groups is 1. The van der Waals surface area contributed by atoms with Gasteiger partial charge in [0.05, 0.1) is 12.8 Å². The summed E-state index contributed by atoms with van der Waals surface area (Å²) in [6, 6.07) is 5.76. The van der Waals surface area contributed by atoms with Crippen LogP contribution in [0.15, 0.2) is 18.2 Å². The van der Waals surface area contributed by atoms with Gasteiger partial charge >= 0.3 is 0 Å². The van der Waals surface area contributed by atoms with Crippen molar-refractivity contribution in [3.05, 3.63) is 23.8 Å². The lowest BCUT2D eigenvalue weighted by molar-refractivity contribution is -0.132. The molecule has 0 atom stereocenters. The molecule has 0 spiro atoms. The summed E-state index contributed by atoms with van der Waals surface area (Å²) in [7, 11) is 3.33. The first kappa shape index (κ1) is 12.9. The molecule has 98 valence electrons. The molecule has 0 bridgehead atoms. The minimum atomic E-state index is -0.811. The van der Waals surface area contributed by atoms with Crippen molar-refractivity contribution in [3.63, 3.8) is 0 Å². The number of nitrogens with zero attached hydrogens (tertiary/aromatic N) is 1. The summed E-state index contributed by atoms with van der Waals surface area (Å²) in [4.78, 5) is 18.5. The van der Waals surface area contributed by atoms with E-state index in [4.69, 9.17) is 9.57 Å². The molecule has 0 radical (unpaired) electrons. The lowest BCUT2D eigenvalue weighted by atomic mass is 10.0. The highest BCUT2D eigenvalue weighted by molar-refractivity contribution is 6.01. The van der Waals surface area contributed by atoms with Crippen molar-refractivity contribution in [1.82, 2.24) is 5.48 Å². The van der Waals surface area contributed by atoms with Crippen molar-refractivity contribution in [2.24, 2.45) is 0 Å². The molecule has 2 rings (SSSR count). The lowest BCUT2D eigenvalue weighted by Crippen LogP contribution is -2.50. The predicted molar refractivity (Wildman–Crippen MR) is 68.4 cm³/mol. The maximum absolute atomic E-state index is 12.1. The summed E-state index contributed by atoms with van der Waals surface area (Å²) in [6.45, 7) is 4.12. The second kappa shape index (κ2) is 4.59. The number of benzene rings is 1.